The third-order valence-electron chi connectivity index (χ3n) is 4.40. The lowest BCUT2D eigenvalue weighted by molar-refractivity contribution is 0.402. The van der Waals surface area contributed by atoms with Crippen molar-refractivity contribution in [1.29, 1.82) is 0 Å². The van der Waals surface area contributed by atoms with Gasteiger partial charge in [0, 0.05) is 13.1 Å². The molecule has 0 heterocycles. The van der Waals surface area contributed by atoms with Crippen LogP contribution in [0.25, 0.3) is 11.1 Å². The van der Waals surface area contributed by atoms with E-state index in [1.165, 1.54) is 11.1 Å². The maximum Gasteiger partial charge on any atom is 0.138 e. The molecule has 4 nitrogen and oxygen atoms in total. The number of rotatable bonds is 7. The van der Waals surface area contributed by atoms with E-state index in [-0.39, 0.29) is 5.75 Å². The van der Waals surface area contributed by atoms with Crippen molar-refractivity contribution in [3.63, 3.8) is 0 Å². The second-order valence-electron chi connectivity index (χ2n) is 7.57. The highest BCUT2D eigenvalue weighted by Gasteiger charge is 2.13. The number of hydrogen-bond acceptors (Lipinski definition) is 4. The molecule has 146 valence electrons. The van der Waals surface area contributed by atoms with Crippen LogP contribution in [0.4, 0.5) is 0 Å². The number of phenolic OH excluding ortho intramolecular Hbond substituents is 1. The SMILES string of the molecule is CN(C)Cc1ccc(Oc2cccc(O)c2-c2ccc(CN(C)C)cc2)cc1. The third kappa shape index (κ3) is 5.12. The number of benzene rings is 3. The second kappa shape index (κ2) is 8.91. The molecule has 0 aliphatic heterocycles. The molecule has 0 atom stereocenters. The summed E-state index contributed by atoms with van der Waals surface area (Å²) >= 11 is 0. The summed E-state index contributed by atoms with van der Waals surface area (Å²) in [7, 11) is 8.19. The fourth-order valence-electron chi connectivity index (χ4n) is 3.19. The molecule has 0 amide bonds. The molecule has 0 aliphatic carbocycles. The van der Waals surface area contributed by atoms with Gasteiger partial charge in [-0.05, 0) is 69.1 Å². The van der Waals surface area contributed by atoms with Gasteiger partial charge in [-0.25, -0.2) is 0 Å². The number of phenols is 1. The molecule has 0 radical (unpaired) electrons. The predicted molar refractivity (Wildman–Crippen MR) is 115 cm³/mol. The molecule has 0 aromatic heterocycles. The van der Waals surface area contributed by atoms with Crippen LogP contribution in [0.5, 0.6) is 17.2 Å². The Morgan fingerprint density at radius 2 is 1.25 bits per heavy atom. The van der Waals surface area contributed by atoms with E-state index >= 15 is 0 Å². The molecule has 3 aromatic carbocycles. The van der Waals surface area contributed by atoms with E-state index in [0.717, 1.165) is 24.4 Å². The summed E-state index contributed by atoms with van der Waals surface area (Å²) in [6.07, 6.45) is 0. The minimum atomic E-state index is 0.210. The van der Waals surface area contributed by atoms with Crippen LogP contribution >= 0.6 is 0 Å². The second-order valence-corrected chi connectivity index (χ2v) is 7.57. The van der Waals surface area contributed by atoms with Crippen molar-refractivity contribution < 1.29 is 9.84 Å². The van der Waals surface area contributed by atoms with E-state index in [1.54, 1.807) is 12.1 Å². The zero-order valence-electron chi connectivity index (χ0n) is 17.0. The minimum absolute atomic E-state index is 0.210. The predicted octanol–water partition coefficient (Wildman–Crippen LogP) is 4.97. The molecule has 4 heteroatoms. The Kier molecular flexibility index (Phi) is 6.34. The molecule has 0 unspecified atom stereocenters. The first-order chi connectivity index (χ1) is 13.4. The van der Waals surface area contributed by atoms with Gasteiger partial charge in [0.2, 0.25) is 0 Å². The summed E-state index contributed by atoms with van der Waals surface area (Å²) in [6, 6.07) is 21.7. The number of hydrogen-bond donors (Lipinski definition) is 1. The fourth-order valence-corrected chi connectivity index (χ4v) is 3.19. The topological polar surface area (TPSA) is 35.9 Å². The summed E-state index contributed by atoms with van der Waals surface area (Å²) in [5.74, 6) is 1.60. The van der Waals surface area contributed by atoms with Crippen molar-refractivity contribution in [3.8, 4) is 28.4 Å². The Hall–Kier alpha value is -2.82. The van der Waals surface area contributed by atoms with Gasteiger partial charge in [0.05, 0.1) is 5.56 Å². The average Bonchev–Trinajstić information content (AvgIpc) is 2.64. The van der Waals surface area contributed by atoms with Crippen LogP contribution in [-0.4, -0.2) is 43.1 Å². The molecule has 0 saturated carbocycles. The summed E-state index contributed by atoms with van der Waals surface area (Å²) in [4.78, 5) is 4.26. The van der Waals surface area contributed by atoms with Crippen molar-refractivity contribution in [2.75, 3.05) is 28.2 Å². The molecule has 3 aromatic rings. The van der Waals surface area contributed by atoms with Crippen LogP contribution in [0.1, 0.15) is 11.1 Å². The van der Waals surface area contributed by atoms with Gasteiger partial charge in [0.1, 0.15) is 17.2 Å². The van der Waals surface area contributed by atoms with Crippen molar-refractivity contribution in [2.45, 2.75) is 13.1 Å². The Morgan fingerprint density at radius 3 is 1.79 bits per heavy atom. The van der Waals surface area contributed by atoms with Gasteiger partial charge in [-0.15, -0.1) is 0 Å². The highest BCUT2D eigenvalue weighted by Crippen LogP contribution is 2.39. The van der Waals surface area contributed by atoms with Crippen molar-refractivity contribution in [1.82, 2.24) is 9.80 Å². The van der Waals surface area contributed by atoms with Crippen LogP contribution in [-0.2, 0) is 13.1 Å². The largest absolute Gasteiger partial charge is 0.507 e. The fraction of sp³-hybridized carbons (Fsp3) is 0.250. The standard InChI is InChI=1S/C24H28N2O2/c1-25(2)16-18-8-12-20(13-9-18)24-22(27)6-5-7-23(24)28-21-14-10-19(11-15-21)17-26(3)4/h5-15,27H,16-17H2,1-4H3. The van der Waals surface area contributed by atoms with Crippen LogP contribution in [0.2, 0.25) is 0 Å². The first kappa shape index (κ1) is 19.9. The van der Waals surface area contributed by atoms with Gasteiger partial charge in [0.25, 0.3) is 0 Å². The molecule has 0 saturated heterocycles. The molecule has 3 rings (SSSR count). The molecule has 0 spiro atoms. The van der Waals surface area contributed by atoms with Crippen molar-refractivity contribution >= 4 is 0 Å². The molecule has 0 aliphatic rings. The first-order valence-corrected chi connectivity index (χ1v) is 9.40. The van der Waals surface area contributed by atoms with Gasteiger partial charge in [-0.1, -0.05) is 42.5 Å². The van der Waals surface area contributed by atoms with Crippen molar-refractivity contribution in [2.24, 2.45) is 0 Å². The molecule has 1 N–H and O–H groups in total. The first-order valence-electron chi connectivity index (χ1n) is 9.40. The van der Waals surface area contributed by atoms with Crippen LogP contribution in [0.15, 0.2) is 66.7 Å². The molecule has 28 heavy (non-hydrogen) atoms. The Morgan fingerprint density at radius 1 is 0.714 bits per heavy atom. The summed E-state index contributed by atoms with van der Waals surface area (Å²) in [5.41, 5.74) is 4.09. The highest BCUT2D eigenvalue weighted by atomic mass is 16.5. The zero-order chi connectivity index (χ0) is 20.1. The van der Waals surface area contributed by atoms with E-state index in [0.29, 0.717) is 11.3 Å². The maximum absolute atomic E-state index is 10.5. The number of nitrogens with zero attached hydrogens (tertiary/aromatic N) is 2. The zero-order valence-corrected chi connectivity index (χ0v) is 17.0. The highest BCUT2D eigenvalue weighted by molar-refractivity contribution is 5.77. The van der Waals surface area contributed by atoms with E-state index in [1.807, 2.05) is 58.5 Å². The monoisotopic (exact) mass is 376 g/mol. The van der Waals surface area contributed by atoms with Gasteiger partial charge < -0.3 is 19.6 Å². The number of aromatic hydroxyl groups is 1. The minimum Gasteiger partial charge on any atom is -0.507 e. The number of ether oxygens (including phenoxy) is 1. The smallest absolute Gasteiger partial charge is 0.138 e. The normalized spacial score (nSPS) is 11.2. The summed E-state index contributed by atoms with van der Waals surface area (Å²) in [6.45, 7) is 1.76. The molecular formula is C24H28N2O2. The van der Waals surface area contributed by atoms with E-state index < -0.39 is 0 Å². The van der Waals surface area contributed by atoms with Crippen LogP contribution < -0.4 is 4.74 Å². The lowest BCUT2D eigenvalue weighted by Crippen LogP contribution is -2.10. The lowest BCUT2D eigenvalue weighted by Gasteiger charge is -2.15. The Bertz CT molecular complexity index is 901. The molecular weight excluding hydrogens is 348 g/mol. The van der Waals surface area contributed by atoms with Gasteiger partial charge >= 0.3 is 0 Å². The van der Waals surface area contributed by atoms with E-state index in [4.69, 9.17) is 4.74 Å². The van der Waals surface area contributed by atoms with Gasteiger partial charge in [-0.3, -0.25) is 0 Å². The maximum atomic E-state index is 10.5. The van der Waals surface area contributed by atoms with E-state index in [9.17, 15) is 5.11 Å². The van der Waals surface area contributed by atoms with Crippen LogP contribution in [0, 0.1) is 0 Å². The molecule has 0 bridgehead atoms. The summed E-state index contributed by atoms with van der Waals surface area (Å²) in [5, 5.41) is 10.5. The van der Waals surface area contributed by atoms with Crippen molar-refractivity contribution in [3.05, 3.63) is 77.9 Å². The Balaban J connectivity index is 1.86. The van der Waals surface area contributed by atoms with E-state index in [2.05, 4.69) is 34.1 Å². The average molecular weight is 377 g/mol. The molecule has 0 fully saturated rings. The third-order valence-corrected chi connectivity index (χ3v) is 4.40. The lowest BCUT2D eigenvalue weighted by atomic mass is 10.0. The van der Waals surface area contributed by atoms with Crippen LogP contribution in [0.3, 0.4) is 0 Å². The van der Waals surface area contributed by atoms with Gasteiger partial charge in [-0.2, -0.15) is 0 Å². The Labute approximate surface area is 167 Å². The quantitative estimate of drug-likeness (QED) is 0.631. The summed E-state index contributed by atoms with van der Waals surface area (Å²) < 4.78 is 6.12. The van der Waals surface area contributed by atoms with Gasteiger partial charge in [0.15, 0.2) is 0 Å².